The third kappa shape index (κ3) is 20.7. The SMILES string of the molecule is [C].[Fe].[Mg].[Mo].[Zn]. The molecule has 0 N–H and O–H groups in total. The van der Waals surface area contributed by atoms with Gasteiger partial charge >= 0.3 is 0 Å². The summed E-state index contributed by atoms with van der Waals surface area (Å²) in [6.45, 7) is 0. The summed E-state index contributed by atoms with van der Waals surface area (Å²) in [5, 5.41) is 0. The average molecular weight is 253 g/mol. The molecule has 22 valence electrons. The first-order valence-corrected chi connectivity index (χ1v) is 0. The minimum Gasteiger partial charge on any atom is 0 e. The number of rotatable bonds is 0. The minimum absolute atomic E-state index is 0. The normalized spacial score (nSPS) is 0. The van der Waals surface area contributed by atoms with Gasteiger partial charge in [-0.3, -0.25) is 0 Å². The zero-order chi connectivity index (χ0) is 0. The molecule has 0 spiro atoms. The maximum atomic E-state index is 0. The van der Waals surface area contributed by atoms with Crippen molar-refractivity contribution in [2.45, 2.75) is 0 Å². The van der Waals surface area contributed by atoms with Crippen LogP contribution in [-0.2, 0) is 57.6 Å². The average Bonchev–Trinajstić information content (AvgIpc) is 0. The molecule has 0 rings (SSSR count). The van der Waals surface area contributed by atoms with Crippen LogP contribution in [0.25, 0.3) is 0 Å². The Morgan fingerprint density at radius 1 is 1.00 bits per heavy atom. The van der Waals surface area contributed by atoms with Crippen molar-refractivity contribution in [2.24, 2.45) is 0 Å². The fourth-order valence-electron chi connectivity index (χ4n) is 0. The molecule has 0 heterocycles. The topological polar surface area (TPSA) is 0 Å². The van der Waals surface area contributed by atoms with E-state index in [1.54, 1.807) is 0 Å². The molecular weight excluding hydrogens is 253 g/mol. The molecule has 0 bridgehead atoms. The van der Waals surface area contributed by atoms with Crippen LogP contribution in [0.5, 0.6) is 0 Å². The monoisotopic (exact) mass is 254 g/mol. The van der Waals surface area contributed by atoms with E-state index in [2.05, 4.69) is 0 Å². The van der Waals surface area contributed by atoms with E-state index < -0.39 is 0 Å². The molecule has 5 heavy (non-hydrogen) atoms. The molecule has 0 saturated heterocycles. The first-order chi connectivity index (χ1) is 0. The van der Waals surface area contributed by atoms with Crippen molar-refractivity contribution in [3.8, 4) is 0 Å². The Kier molecular flexibility index (Phi) is 300. The smallest absolute Gasteiger partial charge is 0 e. The quantitative estimate of drug-likeness (QED) is 0.520. The van der Waals surface area contributed by atoms with Gasteiger partial charge in [0.05, 0.1) is 0 Å². The maximum absolute atomic E-state index is 0. The van der Waals surface area contributed by atoms with Crippen molar-refractivity contribution in [2.75, 3.05) is 0 Å². The van der Waals surface area contributed by atoms with Gasteiger partial charge in [0.1, 0.15) is 0 Å². The van der Waals surface area contributed by atoms with Crippen molar-refractivity contribution < 1.29 is 57.6 Å². The van der Waals surface area contributed by atoms with Gasteiger partial charge in [-0.2, -0.15) is 0 Å². The van der Waals surface area contributed by atoms with Crippen molar-refractivity contribution in [1.29, 1.82) is 0 Å². The van der Waals surface area contributed by atoms with Crippen LogP contribution in [0.3, 0.4) is 0 Å². The maximum Gasteiger partial charge on any atom is 0 e. The zero-order valence-corrected chi connectivity index (χ0v) is 10.2. The van der Waals surface area contributed by atoms with E-state index in [1.165, 1.54) is 0 Å². The first kappa shape index (κ1) is 49.0. The second kappa shape index (κ2) is 30.6. The molecule has 4 heteroatoms. The molecule has 0 aliphatic rings. The fraction of sp³-hybridized carbons (Fsp3) is 0. The molecule has 0 aliphatic carbocycles. The fourth-order valence-corrected chi connectivity index (χ4v) is 0. The van der Waals surface area contributed by atoms with Crippen LogP contribution < -0.4 is 0 Å². The van der Waals surface area contributed by atoms with Gasteiger partial charge in [-0.1, -0.05) is 0 Å². The molecule has 0 amide bonds. The zero-order valence-electron chi connectivity index (χ0n) is 2.68. The van der Waals surface area contributed by atoms with E-state index >= 15 is 0 Å². The summed E-state index contributed by atoms with van der Waals surface area (Å²) in [4.78, 5) is 0. The molecule has 0 saturated carbocycles. The Balaban J connectivity index is 0. The van der Waals surface area contributed by atoms with Gasteiger partial charge in [0, 0.05) is 88.1 Å². The van der Waals surface area contributed by atoms with Gasteiger partial charge in [0.25, 0.3) is 0 Å². The van der Waals surface area contributed by atoms with Gasteiger partial charge in [-0.15, -0.1) is 0 Å². The van der Waals surface area contributed by atoms with Crippen LogP contribution >= 0.6 is 0 Å². The summed E-state index contributed by atoms with van der Waals surface area (Å²) in [7, 11) is 0. The van der Waals surface area contributed by atoms with E-state index in [0.717, 1.165) is 0 Å². The Hall–Kier alpha value is 2.60. The standard InChI is InChI=1S/C.Fe.Mg.Mo.Zn. The summed E-state index contributed by atoms with van der Waals surface area (Å²) < 4.78 is 0. The van der Waals surface area contributed by atoms with E-state index in [4.69, 9.17) is 0 Å². The summed E-state index contributed by atoms with van der Waals surface area (Å²) >= 11 is 0. The van der Waals surface area contributed by atoms with Crippen LogP contribution in [-0.4, -0.2) is 23.1 Å². The molecule has 0 fully saturated rings. The third-order valence-electron chi connectivity index (χ3n) is 0. The predicted octanol–water partition coefficient (Wildman–Crippen LogP) is -0.307. The van der Waals surface area contributed by atoms with E-state index in [0.29, 0.717) is 0 Å². The van der Waals surface area contributed by atoms with Crippen molar-refractivity contribution in [1.82, 2.24) is 0 Å². The summed E-state index contributed by atoms with van der Waals surface area (Å²) in [5.41, 5.74) is 0. The predicted molar refractivity (Wildman–Crippen MR) is 9.00 cm³/mol. The molecule has 0 aromatic carbocycles. The number of hydrogen-bond acceptors (Lipinski definition) is 0. The van der Waals surface area contributed by atoms with Crippen molar-refractivity contribution in [3.05, 3.63) is 7.43 Å². The Labute approximate surface area is 86.9 Å². The summed E-state index contributed by atoms with van der Waals surface area (Å²) in [6, 6.07) is 0. The van der Waals surface area contributed by atoms with E-state index in [-0.39, 0.29) is 88.1 Å². The Morgan fingerprint density at radius 2 is 1.00 bits per heavy atom. The molecule has 0 unspecified atom stereocenters. The van der Waals surface area contributed by atoms with Gasteiger partial charge in [0.15, 0.2) is 0 Å². The van der Waals surface area contributed by atoms with Crippen LogP contribution in [0.2, 0.25) is 0 Å². The molecule has 0 aromatic heterocycles. The van der Waals surface area contributed by atoms with Crippen LogP contribution in [0.1, 0.15) is 0 Å². The minimum atomic E-state index is 0. The molecule has 0 atom stereocenters. The second-order valence-electron chi connectivity index (χ2n) is 0. The Morgan fingerprint density at radius 3 is 1.00 bits per heavy atom. The van der Waals surface area contributed by atoms with E-state index in [9.17, 15) is 0 Å². The molecule has 0 aliphatic heterocycles. The third-order valence-corrected chi connectivity index (χ3v) is 0. The van der Waals surface area contributed by atoms with E-state index in [1.807, 2.05) is 0 Å². The molecule has 0 aromatic rings. The summed E-state index contributed by atoms with van der Waals surface area (Å²) in [5.74, 6) is 0. The van der Waals surface area contributed by atoms with Crippen LogP contribution in [0.15, 0.2) is 0 Å². The van der Waals surface area contributed by atoms with Crippen molar-refractivity contribution in [3.63, 3.8) is 0 Å². The van der Waals surface area contributed by atoms with Gasteiger partial charge < -0.3 is 0 Å². The molecular formula is CFeMgMoZn. The largest absolute Gasteiger partial charge is 0 e. The molecule has 0 nitrogen and oxygen atoms in total. The molecule has 6 radical (unpaired) electrons. The second-order valence-corrected chi connectivity index (χ2v) is 0. The Bertz CT molecular complexity index is 11.6. The number of hydrogen-bond donors (Lipinski definition) is 0. The van der Waals surface area contributed by atoms with Crippen LogP contribution in [0.4, 0.5) is 0 Å². The van der Waals surface area contributed by atoms with Gasteiger partial charge in [-0.25, -0.2) is 0 Å². The summed E-state index contributed by atoms with van der Waals surface area (Å²) in [6.07, 6.45) is 0. The van der Waals surface area contributed by atoms with Crippen molar-refractivity contribution >= 4 is 23.1 Å². The van der Waals surface area contributed by atoms with Gasteiger partial charge in [0.2, 0.25) is 0 Å². The van der Waals surface area contributed by atoms with Crippen LogP contribution in [0, 0.1) is 7.43 Å². The van der Waals surface area contributed by atoms with Gasteiger partial charge in [-0.05, 0) is 0 Å². The first-order valence-electron chi connectivity index (χ1n) is 0.